The highest BCUT2D eigenvalue weighted by atomic mass is 19.4. The summed E-state index contributed by atoms with van der Waals surface area (Å²) in [5.41, 5.74) is 1.14. The van der Waals surface area contributed by atoms with Crippen LogP contribution in [-0.4, -0.2) is 35.6 Å². The van der Waals surface area contributed by atoms with Gasteiger partial charge in [-0.3, -0.25) is 4.79 Å². The van der Waals surface area contributed by atoms with E-state index < -0.39 is 6.36 Å². The van der Waals surface area contributed by atoms with Crippen LogP contribution in [0.5, 0.6) is 11.5 Å². The molecule has 162 valence electrons. The van der Waals surface area contributed by atoms with Gasteiger partial charge in [-0.25, -0.2) is 0 Å². The van der Waals surface area contributed by atoms with Crippen molar-refractivity contribution in [2.24, 2.45) is 0 Å². The molecule has 1 amide bonds. The molecule has 1 fully saturated rings. The summed E-state index contributed by atoms with van der Waals surface area (Å²) >= 11 is 0. The maximum atomic E-state index is 12.6. The van der Waals surface area contributed by atoms with Crippen molar-refractivity contribution in [2.45, 2.75) is 25.6 Å². The number of aromatic nitrogens is 2. The van der Waals surface area contributed by atoms with Crippen LogP contribution < -0.4 is 14.4 Å². The first kappa shape index (κ1) is 20.7. The quantitative estimate of drug-likeness (QED) is 0.568. The van der Waals surface area contributed by atoms with Gasteiger partial charge in [-0.05, 0) is 43.3 Å². The lowest BCUT2D eigenvalue weighted by Gasteiger charge is -2.19. The number of carbonyl (C=O) groups is 1. The molecule has 0 saturated carbocycles. The van der Waals surface area contributed by atoms with E-state index in [1.165, 1.54) is 24.3 Å². The standard InChI is InChI=1S/C21H18F3N3O4/c1-2-29-17-6-4-3-5-16(17)27-12-14(11-18(27)28)20-25-19(26-31-20)13-7-9-15(10-8-13)30-21(22,23)24/h3-10,14H,2,11-12H2,1H3. The summed E-state index contributed by atoms with van der Waals surface area (Å²) in [6.07, 6.45) is -4.57. The number of rotatable bonds is 6. The zero-order valence-corrected chi connectivity index (χ0v) is 16.4. The molecule has 2 aromatic carbocycles. The third kappa shape index (κ3) is 4.62. The highest BCUT2D eigenvalue weighted by Crippen LogP contribution is 2.36. The molecular weight excluding hydrogens is 415 g/mol. The van der Waals surface area contributed by atoms with E-state index in [0.717, 1.165) is 0 Å². The monoisotopic (exact) mass is 433 g/mol. The van der Waals surface area contributed by atoms with Gasteiger partial charge in [0, 0.05) is 18.5 Å². The summed E-state index contributed by atoms with van der Waals surface area (Å²) < 4.78 is 51.7. The highest BCUT2D eigenvalue weighted by Gasteiger charge is 2.36. The number of alkyl halides is 3. The average molecular weight is 433 g/mol. The normalized spacial score (nSPS) is 16.6. The van der Waals surface area contributed by atoms with Crippen LogP contribution >= 0.6 is 0 Å². The Morgan fingerprint density at radius 3 is 2.61 bits per heavy atom. The molecule has 1 saturated heterocycles. The van der Waals surface area contributed by atoms with Gasteiger partial charge in [0.1, 0.15) is 11.5 Å². The van der Waals surface area contributed by atoms with Crippen LogP contribution in [-0.2, 0) is 4.79 Å². The second kappa shape index (κ2) is 8.29. The molecule has 1 atom stereocenters. The lowest BCUT2D eigenvalue weighted by Crippen LogP contribution is -2.25. The number of hydrogen-bond acceptors (Lipinski definition) is 6. The van der Waals surface area contributed by atoms with Gasteiger partial charge in [0.05, 0.1) is 18.2 Å². The summed E-state index contributed by atoms with van der Waals surface area (Å²) in [6.45, 7) is 2.69. The van der Waals surface area contributed by atoms with Crippen molar-refractivity contribution in [2.75, 3.05) is 18.1 Å². The molecule has 1 aliphatic rings. The molecule has 0 bridgehead atoms. The second-order valence-corrected chi connectivity index (χ2v) is 6.83. The zero-order valence-electron chi connectivity index (χ0n) is 16.4. The smallest absolute Gasteiger partial charge is 0.492 e. The highest BCUT2D eigenvalue weighted by molar-refractivity contribution is 5.97. The Morgan fingerprint density at radius 2 is 1.90 bits per heavy atom. The molecule has 0 N–H and O–H groups in total. The molecule has 7 nitrogen and oxygen atoms in total. The maximum Gasteiger partial charge on any atom is 0.573 e. The van der Waals surface area contributed by atoms with Gasteiger partial charge in [-0.15, -0.1) is 13.2 Å². The van der Waals surface area contributed by atoms with Crippen molar-refractivity contribution in [3.63, 3.8) is 0 Å². The first-order valence-electron chi connectivity index (χ1n) is 9.56. The first-order valence-corrected chi connectivity index (χ1v) is 9.56. The minimum absolute atomic E-state index is 0.0921. The molecule has 1 aliphatic heterocycles. The number of hydrogen-bond donors (Lipinski definition) is 0. The van der Waals surface area contributed by atoms with Crippen LogP contribution in [0.25, 0.3) is 11.4 Å². The van der Waals surface area contributed by atoms with Crippen LogP contribution in [0.1, 0.15) is 25.2 Å². The summed E-state index contributed by atoms with van der Waals surface area (Å²) in [4.78, 5) is 18.6. The van der Waals surface area contributed by atoms with E-state index in [4.69, 9.17) is 9.26 Å². The summed E-state index contributed by atoms with van der Waals surface area (Å²) in [5, 5.41) is 3.90. The van der Waals surface area contributed by atoms with E-state index in [-0.39, 0.29) is 35.7 Å². The van der Waals surface area contributed by atoms with Gasteiger partial charge in [0.15, 0.2) is 0 Å². The van der Waals surface area contributed by atoms with Crippen molar-refractivity contribution in [1.82, 2.24) is 10.1 Å². The van der Waals surface area contributed by atoms with E-state index in [2.05, 4.69) is 14.9 Å². The van der Waals surface area contributed by atoms with Crippen LogP contribution in [0.15, 0.2) is 53.1 Å². The van der Waals surface area contributed by atoms with Gasteiger partial charge < -0.3 is 18.9 Å². The number of anilines is 1. The topological polar surface area (TPSA) is 77.7 Å². The van der Waals surface area contributed by atoms with E-state index >= 15 is 0 Å². The molecule has 31 heavy (non-hydrogen) atoms. The predicted octanol–water partition coefficient (Wildman–Crippen LogP) is 4.55. The SMILES string of the molecule is CCOc1ccccc1N1CC(c2nc(-c3ccc(OC(F)(F)F)cc3)no2)CC1=O. The third-order valence-electron chi connectivity index (χ3n) is 4.72. The second-order valence-electron chi connectivity index (χ2n) is 6.83. The van der Waals surface area contributed by atoms with E-state index in [1.54, 1.807) is 11.0 Å². The lowest BCUT2D eigenvalue weighted by atomic mass is 10.1. The Hall–Kier alpha value is -3.56. The van der Waals surface area contributed by atoms with Crippen molar-refractivity contribution in [3.8, 4) is 22.9 Å². The Balaban J connectivity index is 1.49. The summed E-state index contributed by atoms with van der Waals surface area (Å²) in [5.74, 6) is 0.378. The number of ether oxygens (including phenoxy) is 2. The molecule has 0 aliphatic carbocycles. The van der Waals surface area contributed by atoms with Crippen LogP contribution in [0, 0.1) is 0 Å². The fourth-order valence-electron chi connectivity index (χ4n) is 3.39. The fraction of sp³-hybridized carbons (Fsp3) is 0.286. The number of nitrogens with zero attached hydrogens (tertiary/aromatic N) is 3. The minimum atomic E-state index is -4.76. The summed E-state index contributed by atoms with van der Waals surface area (Å²) in [7, 11) is 0. The van der Waals surface area contributed by atoms with Crippen LogP contribution in [0.3, 0.4) is 0 Å². The lowest BCUT2D eigenvalue weighted by molar-refractivity contribution is -0.274. The Bertz CT molecular complexity index is 1070. The first-order chi connectivity index (χ1) is 14.8. The largest absolute Gasteiger partial charge is 0.573 e. The molecule has 0 radical (unpaired) electrons. The van der Waals surface area contributed by atoms with Crippen LogP contribution in [0.4, 0.5) is 18.9 Å². The van der Waals surface area contributed by atoms with Crippen LogP contribution in [0.2, 0.25) is 0 Å². The predicted molar refractivity (Wildman–Crippen MR) is 104 cm³/mol. The molecule has 3 aromatic rings. The van der Waals surface area contributed by atoms with Gasteiger partial charge in [-0.2, -0.15) is 4.98 Å². The van der Waals surface area contributed by atoms with Gasteiger partial charge >= 0.3 is 6.36 Å². The molecule has 0 spiro atoms. The molecular formula is C21H18F3N3O4. The zero-order chi connectivity index (χ0) is 22.0. The van der Waals surface area contributed by atoms with Crippen molar-refractivity contribution >= 4 is 11.6 Å². The molecule has 10 heteroatoms. The Kier molecular flexibility index (Phi) is 5.53. The van der Waals surface area contributed by atoms with Gasteiger partial charge in [-0.1, -0.05) is 17.3 Å². The molecule has 1 aromatic heterocycles. The summed E-state index contributed by atoms with van der Waals surface area (Å²) in [6, 6.07) is 12.4. The van der Waals surface area contributed by atoms with E-state index in [0.29, 0.717) is 30.2 Å². The van der Waals surface area contributed by atoms with Crippen molar-refractivity contribution in [3.05, 3.63) is 54.4 Å². The molecule has 1 unspecified atom stereocenters. The van der Waals surface area contributed by atoms with Gasteiger partial charge in [0.2, 0.25) is 17.6 Å². The van der Waals surface area contributed by atoms with E-state index in [9.17, 15) is 18.0 Å². The molecule has 4 rings (SSSR count). The molecule has 2 heterocycles. The van der Waals surface area contributed by atoms with Crippen molar-refractivity contribution < 1.29 is 32.0 Å². The Labute approximate surface area is 175 Å². The van der Waals surface area contributed by atoms with Gasteiger partial charge in [0.25, 0.3) is 0 Å². The number of para-hydroxylation sites is 2. The Morgan fingerprint density at radius 1 is 1.16 bits per heavy atom. The third-order valence-corrected chi connectivity index (χ3v) is 4.72. The maximum absolute atomic E-state index is 12.6. The average Bonchev–Trinajstić information content (AvgIpc) is 3.35. The number of halogens is 3. The van der Waals surface area contributed by atoms with E-state index in [1.807, 2.05) is 25.1 Å². The number of carbonyl (C=O) groups excluding carboxylic acids is 1. The fourth-order valence-corrected chi connectivity index (χ4v) is 3.39. The number of amides is 1. The minimum Gasteiger partial charge on any atom is -0.492 e. The number of benzene rings is 2. The van der Waals surface area contributed by atoms with Crippen molar-refractivity contribution in [1.29, 1.82) is 0 Å².